The van der Waals surface area contributed by atoms with E-state index in [2.05, 4.69) is 11.2 Å². The van der Waals surface area contributed by atoms with Gasteiger partial charge >= 0.3 is 0 Å². The molecule has 1 aromatic heterocycles. The summed E-state index contributed by atoms with van der Waals surface area (Å²) in [5.74, 6) is 0.236. The van der Waals surface area contributed by atoms with Crippen molar-refractivity contribution >= 4 is 0 Å². The molecule has 3 aromatic rings. The highest BCUT2D eigenvalue weighted by molar-refractivity contribution is 5.70. The van der Waals surface area contributed by atoms with Crippen molar-refractivity contribution in [1.29, 1.82) is 0 Å². The molecule has 0 fully saturated rings. The van der Waals surface area contributed by atoms with Crippen LogP contribution in [0, 0.1) is 20.8 Å². The van der Waals surface area contributed by atoms with Crippen molar-refractivity contribution in [1.82, 2.24) is 9.78 Å². The third-order valence-electron chi connectivity index (χ3n) is 3.60. The Morgan fingerprint density at radius 2 is 1.62 bits per heavy atom. The average Bonchev–Trinajstić information content (AvgIpc) is 2.76. The summed E-state index contributed by atoms with van der Waals surface area (Å²) in [5.41, 5.74) is 5.63. The second-order valence-electron chi connectivity index (χ2n) is 5.40. The summed E-state index contributed by atoms with van der Waals surface area (Å²) in [4.78, 5) is 0. The van der Waals surface area contributed by atoms with Gasteiger partial charge in [0.1, 0.15) is 11.4 Å². The maximum absolute atomic E-state index is 10.4. The number of hydrogen-bond acceptors (Lipinski definition) is 2. The molecule has 0 aliphatic rings. The van der Waals surface area contributed by atoms with Crippen LogP contribution >= 0.6 is 0 Å². The third-order valence-corrected chi connectivity index (χ3v) is 3.60. The van der Waals surface area contributed by atoms with Crippen LogP contribution in [0.1, 0.15) is 16.8 Å². The second kappa shape index (κ2) is 5.09. The molecule has 0 aliphatic carbocycles. The zero-order valence-corrected chi connectivity index (χ0v) is 12.5. The van der Waals surface area contributed by atoms with E-state index in [1.165, 1.54) is 5.56 Å². The lowest BCUT2D eigenvalue weighted by atomic mass is 10.1. The Bertz CT molecular complexity index is 785. The highest BCUT2D eigenvalue weighted by Crippen LogP contribution is 2.34. The Morgan fingerprint density at radius 1 is 0.905 bits per heavy atom. The lowest BCUT2D eigenvalue weighted by molar-refractivity contribution is 0.473. The van der Waals surface area contributed by atoms with Gasteiger partial charge in [0.25, 0.3) is 0 Å². The fraction of sp³-hybridized carbons (Fsp3) is 0.167. The van der Waals surface area contributed by atoms with Gasteiger partial charge in [-0.15, -0.1) is 0 Å². The van der Waals surface area contributed by atoms with Crippen LogP contribution < -0.4 is 0 Å². The minimum absolute atomic E-state index is 0.236. The van der Waals surface area contributed by atoms with Gasteiger partial charge in [0.2, 0.25) is 0 Å². The smallest absolute Gasteiger partial charge is 0.165 e. The molecule has 0 aliphatic heterocycles. The van der Waals surface area contributed by atoms with Gasteiger partial charge in [-0.1, -0.05) is 42.0 Å². The largest absolute Gasteiger partial charge is 0.504 e. The topological polar surface area (TPSA) is 38.1 Å². The van der Waals surface area contributed by atoms with Crippen LogP contribution in [0.2, 0.25) is 0 Å². The Kier molecular flexibility index (Phi) is 3.26. The minimum atomic E-state index is 0.236. The number of benzene rings is 2. The Labute approximate surface area is 124 Å². The number of hydrogen-bond donors (Lipinski definition) is 1. The number of nitrogens with zero attached hydrogens (tertiary/aromatic N) is 2. The first-order chi connectivity index (χ1) is 10.1. The number of rotatable bonds is 2. The molecule has 21 heavy (non-hydrogen) atoms. The summed E-state index contributed by atoms with van der Waals surface area (Å²) in [5, 5.41) is 14.9. The van der Waals surface area contributed by atoms with E-state index in [1.807, 2.05) is 67.9 Å². The number of aromatic nitrogens is 2. The lowest BCUT2D eigenvalue weighted by Crippen LogP contribution is -1.99. The molecule has 3 heteroatoms. The van der Waals surface area contributed by atoms with E-state index in [-0.39, 0.29) is 5.75 Å². The molecule has 0 atom stereocenters. The van der Waals surface area contributed by atoms with Crippen LogP contribution in [0.25, 0.3) is 16.9 Å². The summed E-state index contributed by atoms with van der Waals surface area (Å²) in [6.07, 6.45) is 0. The van der Waals surface area contributed by atoms with Crippen molar-refractivity contribution in [3.8, 4) is 22.7 Å². The van der Waals surface area contributed by atoms with Crippen LogP contribution in [0.15, 0.2) is 48.5 Å². The first kappa shape index (κ1) is 13.4. The highest BCUT2D eigenvalue weighted by Gasteiger charge is 2.17. The van der Waals surface area contributed by atoms with Gasteiger partial charge in [-0.2, -0.15) is 5.10 Å². The molecule has 3 nitrogen and oxygen atoms in total. The average molecular weight is 278 g/mol. The SMILES string of the molecule is Cc1ccc(-c2c(O)c(C)nn2-c2cccc(C)c2)cc1. The molecule has 0 saturated carbocycles. The molecular formula is C18H18N2O. The summed E-state index contributed by atoms with van der Waals surface area (Å²) in [6, 6.07) is 16.2. The standard InChI is InChI=1S/C18H18N2O/c1-12-7-9-15(10-8-12)17-18(21)14(3)19-20(17)16-6-4-5-13(2)11-16/h4-11,21H,1-3H3. The van der Waals surface area contributed by atoms with E-state index < -0.39 is 0 Å². The quantitative estimate of drug-likeness (QED) is 0.764. The van der Waals surface area contributed by atoms with Crippen LogP contribution in [-0.4, -0.2) is 14.9 Å². The Balaban J connectivity index is 2.23. The number of aromatic hydroxyl groups is 1. The molecule has 0 saturated heterocycles. The molecule has 0 unspecified atom stereocenters. The van der Waals surface area contributed by atoms with Crippen LogP contribution in [-0.2, 0) is 0 Å². The van der Waals surface area contributed by atoms with Crippen molar-refractivity contribution in [3.63, 3.8) is 0 Å². The molecule has 0 amide bonds. The van der Waals surface area contributed by atoms with E-state index in [0.717, 1.165) is 22.5 Å². The Hall–Kier alpha value is -2.55. The van der Waals surface area contributed by atoms with Crippen molar-refractivity contribution in [2.45, 2.75) is 20.8 Å². The van der Waals surface area contributed by atoms with Gasteiger partial charge in [-0.25, -0.2) is 4.68 Å². The van der Waals surface area contributed by atoms with E-state index in [4.69, 9.17) is 0 Å². The second-order valence-corrected chi connectivity index (χ2v) is 5.40. The molecule has 1 heterocycles. The zero-order valence-electron chi connectivity index (χ0n) is 12.5. The Morgan fingerprint density at radius 3 is 2.29 bits per heavy atom. The normalized spacial score (nSPS) is 10.8. The van der Waals surface area contributed by atoms with Gasteiger partial charge in [0.05, 0.1) is 5.69 Å². The van der Waals surface area contributed by atoms with Crippen molar-refractivity contribution < 1.29 is 5.11 Å². The van der Waals surface area contributed by atoms with Gasteiger partial charge < -0.3 is 5.11 Å². The van der Waals surface area contributed by atoms with Gasteiger partial charge in [0.15, 0.2) is 5.75 Å². The summed E-state index contributed by atoms with van der Waals surface area (Å²) >= 11 is 0. The van der Waals surface area contributed by atoms with E-state index in [9.17, 15) is 5.11 Å². The van der Waals surface area contributed by atoms with Crippen LogP contribution in [0.4, 0.5) is 0 Å². The molecule has 0 bridgehead atoms. The molecule has 0 spiro atoms. The van der Waals surface area contributed by atoms with Crippen LogP contribution in [0.5, 0.6) is 5.75 Å². The maximum atomic E-state index is 10.4. The maximum Gasteiger partial charge on any atom is 0.165 e. The molecule has 1 N–H and O–H groups in total. The van der Waals surface area contributed by atoms with Gasteiger partial charge in [-0.3, -0.25) is 0 Å². The monoisotopic (exact) mass is 278 g/mol. The van der Waals surface area contributed by atoms with E-state index >= 15 is 0 Å². The fourth-order valence-electron chi connectivity index (χ4n) is 2.44. The molecular weight excluding hydrogens is 260 g/mol. The van der Waals surface area contributed by atoms with E-state index in [1.54, 1.807) is 0 Å². The summed E-state index contributed by atoms with van der Waals surface area (Å²) < 4.78 is 1.81. The number of aryl methyl sites for hydroxylation is 3. The van der Waals surface area contributed by atoms with E-state index in [0.29, 0.717) is 5.69 Å². The van der Waals surface area contributed by atoms with Crippen molar-refractivity contribution in [2.24, 2.45) is 0 Å². The molecule has 2 aromatic carbocycles. The van der Waals surface area contributed by atoms with Crippen molar-refractivity contribution in [3.05, 3.63) is 65.4 Å². The predicted molar refractivity (Wildman–Crippen MR) is 84.9 cm³/mol. The summed E-state index contributed by atoms with van der Waals surface area (Å²) in [7, 11) is 0. The zero-order chi connectivity index (χ0) is 15.0. The highest BCUT2D eigenvalue weighted by atomic mass is 16.3. The van der Waals surface area contributed by atoms with Gasteiger partial charge in [0, 0.05) is 5.56 Å². The first-order valence-corrected chi connectivity index (χ1v) is 6.99. The third kappa shape index (κ3) is 2.42. The summed E-state index contributed by atoms with van der Waals surface area (Å²) in [6.45, 7) is 5.91. The first-order valence-electron chi connectivity index (χ1n) is 6.99. The van der Waals surface area contributed by atoms with Gasteiger partial charge in [-0.05, 0) is 38.5 Å². The molecule has 3 rings (SSSR count). The van der Waals surface area contributed by atoms with Crippen molar-refractivity contribution in [2.75, 3.05) is 0 Å². The predicted octanol–water partition coefficient (Wildman–Crippen LogP) is 4.17. The fourth-order valence-corrected chi connectivity index (χ4v) is 2.44. The molecule has 106 valence electrons. The minimum Gasteiger partial charge on any atom is -0.504 e. The van der Waals surface area contributed by atoms with Crippen LogP contribution in [0.3, 0.4) is 0 Å². The lowest BCUT2D eigenvalue weighted by Gasteiger charge is -2.09. The molecule has 0 radical (unpaired) electrons.